The maximum absolute atomic E-state index is 10.5. The highest BCUT2D eigenvalue weighted by Gasteiger charge is 2.14. The van der Waals surface area contributed by atoms with Crippen molar-refractivity contribution in [1.82, 2.24) is 0 Å². The van der Waals surface area contributed by atoms with E-state index in [1.54, 1.807) is 22.6 Å². The van der Waals surface area contributed by atoms with Gasteiger partial charge in [0.1, 0.15) is 9.32 Å². The lowest BCUT2D eigenvalue weighted by Crippen LogP contribution is -1.94. The Morgan fingerprint density at radius 1 is 1.75 bits per heavy atom. The van der Waals surface area contributed by atoms with Gasteiger partial charge in [-0.15, -0.1) is 0 Å². The molecule has 0 aromatic heterocycles. The zero-order chi connectivity index (χ0) is 11.6. The number of ether oxygens (including phenoxy) is 1. The summed E-state index contributed by atoms with van der Waals surface area (Å²) >= 11 is 1.68. The Morgan fingerprint density at radius 2 is 2.50 bits per heavy atom. The summed E-state index contributed by atoms with van der Waals surface area (Å²) < 4.78 is 25.4. The fraction of sp³-hybridized carbons (Fsp3) is 0.143. The van der Waals surface area contributed by atoms with E-state index in [0.29, 0.717) is 0 Å². The van der Waals surface area contributed by atoms with Crippen molar-refractivity contribution in [1.29, 1.82) is 0 Å². The van der Waals surface area contributed by atoms with Crippen LogP contribution in [0.25, 0.3) is 0 Å². The van der Waals surface area contributed by atoms with Crippen molar-refractivity contribution in [3.63, 3.8) is 0 Å². The van der Waals surface area contributed by atoms with Crippen molar-refractivity contribution in [3.05, 3.63) is 31.9 Å². The summed E-state index contributed by atoms with van der Waals surface area (Å²) in [5.74, 6) is -0.00944. The normalized spacial score (nSPS) is 14.2. The van der Waals surface area contributed by atoms with Crippen LogP contribution in [-0.2, 0) is 0 Å². The first-order valence-corrected chi connectivity index (χ1v) is 4.01. The Hall–Kier alpha value is -0.850. The second-order valence-electron chi connectivity index (χ2n) is 1.95. The smallest absolute Gasteiger partial charge is 0.286 e. The first kappa shape index (κ1) is 5.74. The molecule has 0 unspecified atom stereocenters. The minimum atomic E-state index is -2.60. The molecule has 0 fully saturated rings. The monoisotopic (exact) mass is 282 g/mol. The molecule has 0 aliphatic rings. The molecular weight excluding hydrogens is 273 g/mol. The van der Waals surface area contributed by atoms with E-state index in [0.717, 1.165) is 0 Å². The maximum Gasteiger partial charge on any atom is 0.286 e. The predicted molar refractivity (Wildman–Crippen MR) is 52.4 cm³/mol. The molecule has 0 N–H and O–H groups in total. The summed E-state index contributed by atoms with van der Waals surface area (Å²) in [5, 5.41) is 10.5. The molecule has 0 amide bonds. The number of hydrogen-bond acceptors (Lipinski definition) is 3. The van der Waals surface area contributed by atoms with Gasteiger partial charge in [0.25, 0.3) is 5.69 Å². The van der Waals surface area contributed by atoms with Crippen molar-refractivity contribution < 1.29 is 13.8 Å². The number of rotatable bonds is 2. The summed E-state index contributed by atoms with van der Waals surface area (Å²) in [6, 6.07) is 4.04. The average Bonchev–Trinajstić information content (AvgIpc) is 2.05. The lowest BCUT2D eigenvalue weighted by molar-refractivity contribution is -0.385. The molecule has 0 saturated carbocycles. The van der Waals surface area contributed by atoms with Crippen LogP contribution >= 0.6 is 22.6 Å². The van der Waals surface area contributed by atoms with Crippen LogP contribution < -0.4 is 4.74 Å². The Morgan fingerprint density at radius 3 is 3.08 bits per heavy atom. The van der Waals surface area contributed by atoms with Gasteiger partial charge in [-0.2, -0.15) is 0 Å². The van der Waals surface area contributed by atoms with E-state index in [4.69, 9.17) is 4.11 Å². The van der Waals surface area contributed by atoms with E-state index < -0.39 is 12.0 Å². The molecule has 0 radical (unpaired) electrons. The summed E-state index contributed by atoms with van der Waals surface area (Å²) in [5.41, 5.74) is -0.169. The SMILES string of the molecule is [2H]C([2H])([2H])Oc1cccc([N+](=O)[O-])c1I. The van der Waals surface area contributed by atoms with Crippen molar-refractivity contribution >= 4 is 28.3 Å². The van der Waals surface area contributed by atoms with Crippen LogP contribution in [0.15, 0.2) is 18.2 Å². The minimum absolute atomic E-state index is 0.00944. The van der Waals surface area contributed by atoms with Gasteiger partial charge >= 0.3 is 0 Å². The first-order valence-electron chi connectivity index (χ1n) is 4.43. The van der Waals surface area contributed by atoms with E-state index in [9.17, 15) is 10.1 Å². The van der Waals surface area contributed by atoms with Crippen LogP contribution in [0.3, 0.4) is 0 Å². The molecular formula is C7H6INO3. The van der Waals surface area contributed by atoms with Crippen molar-refractivity contribution in [2.24, 2.45) is 0 Å². The number of halogens is 1. The highest BCUT2D eigenvalue weighted by Crippen LogP contribution is 2.28. The molecule has 0 bridgehead atoms. The van der Waals surface area contributed by atoms with Gasteiger partial charge in [0.2, 0.25) is 0 Å². The first-order chi connectivity index (χ1) is 6.81. The molecule has 1 aromatic carbocycles. The molecule has 5 heteroatoms. The number of nitro benzene ring substituents is 1. The Balaban J connectivity index is 3.10. The zero-order valence-corrected chi connectivity index (χ0v) is 7.94. The van der Waals surface area contributed by atoms with E-state index in [2.05, 4.69) is 4.74 Å². The third-order valence-corrected chi connectivity index (χ3v) is 2.33. The molecule has 0 saturated heterocycles. The average molecular weight is 282 g/mol. The lowest BCUT2D eigenvalue weighted by atomic mass is 10.3. The van der Waals surface area contributed by atoms with Gasteiger partial charge in [0, 0.05) is 6.07 Å². The molecule has 0 aliphatic heterocycles. The Bertz CT molecular complexity index is 394. The summed E-state index contributed by atoms with van der Waals surface area (Å²) in [6.07, 6.45) is 0. The molecule has 1 aromatic rings. The number of nitro groups is 1. The van der Waals surface area contributed by atoms with Gasteiger partial charge in [0.15, 0.2) is 0 Å². The minimum Gasteiger partial charge on any atom is -0.495 e. The lowest BCUT2D eigenvalue weighted by Gasteiger charge is -2.01. The van der Waals surface area contributed by atoms with Gasteiger partial charge < -0.3 is 4.74 Å². The van der Waals surface area contributed by atoms with Crippen LogP contribution in [0.4, 0.5) is 5.69 Å². The molecule has 12 heavy (non-hydrogen) atoms. The fourth-order valence-corrected chi connectivity index (χ4v) is 1.39. The highest BCUT2D eigenvalue weighted by atomic mass is 127. The van der Waals surface area contributed by atoms with E-state index >= 15 is 0 Å². The van der Waals surface area contributed by atoms with Gasteiger partial charge in [-0.3, -0.25) is 10.1 Å². The maximum atomic E-state index is 10.5. The predicted octanol–water partition coefficient (Wildman–Crippen LogP) is 2.21. The van der Waals surface area contributed by atoms with E-state index in [-0.39, 0.29) is 15.0 Å². The molecule has 0 heterocycles. The van der Waals surface area contributed by atoms with Crippen LogP contribution in [-0.4, -0.2) is 12.0 Å². The second kappa shape index (κ2) is 3.70. The molecule has 4 nitrogen and oxygen atoms in total. The van der Waals surface area contributed by atoms with Gasteiger partial charge in [-0.25, -0.2) is 0 Å². The Labute approximate surface area is 87.0 Å². The van der Waals surface area contributed by atoms with Crippen LogP contribution in [0.2, 0.25) is 0 Å². The fourth-order valence-electron chi connectivity index (χ4n) is 0.719. The zero-order valence-electron chi connectivity index (χ0n) is 8.78. The topological polar surface area (TPSA) is 52.4 Å². The van der Waals surface area contributed by atoms with Crippen LogP contribution in [0.1, 0.15) is 4.11 Å². The van der Waals surface area contributed by atoms with E-state index in [1.165, 1.54) is 18.2 Å². The van der Waals surface area contributed by atoms with Crippen molar-refractivity contribution in [2.45, 2.75) is 0 Å². The number of nitrogens with zero attached hydrogens (tertiary/aromatic N) is 1. The standard InChI is InChI=1S/C7H6INO3/c1-12-6-4-2-3-5(7(6)8)9(10)11/h2-4H,1H3/i1D3. The second-order valence-corrected chi connectivity index (χ2v) is 3.03. The quantitative estimate of drug-likeness (QED) is 0.474. The number of benzene rings is 1. The number of methoxy groups -OCH3 is 1. The van der Waals surface area contributed by atoms with Crippen LogP contribution in [0, 0.1) is 13.7 Å². The van der Waals surface area contributed by atoms with Crippen LogP contribution in [0.5, 0.6) is 5.75 Å². The summed E-state index contributed by atoms with van der Waals surface area (Å²) in [7, 11) is -2.60. The van der Waals surface area contributed by atoms with Gasteiger partial charge in [-0.05, 0) is 28.7 Å². The molecule has 1 rings (SSSR count). The summed E-state index contributed by atoms with van der Waals surface area (Å²) in [4.78, 5) is 9.96. The molecule has 0 aliphatic carbocycles. The Kier molecular flexibility index (Phi) is 1.77. The van der Waals surface area contributed by atoms with Crippen molar-refractivity contribution in [3.8, 4) is 5.75 Å². The molecule has 0 spiro atoms. The molecule has 0 atom stereocenters. The largest absolute Gasteiger partial charge is 0.495 e. The van der Waals surface area contributed by atoms with Gasteiger partial charge in [0.05, 0.1) is 16.1 Å². The summed E-state index contributed by atoms with van der Waals surface area (Å²) in [6.45, 7) is 0. The van der Waals surface area contributed by atoms with Crippen molar-refractivity contribution in [2.75, 3.05) is 7.04 Å². The number of hydrogen-bond donors (Lipinski definition) is 0. The third-order valence-electron chi connectivity index (χ3n) is 1.25. The third kappa shape index (κ3) is 1.66. The van der Waals surface area contributed by atoms with Gasteiger partial charge in [-0.1, -0.05) is 6.07 Å². The molecule has 64 valence electrons. The highest BCUT2D eigenvalue weighted by molar-refractivity contribution is 14.1. The van der Waals surface area contributed by atoms with E-state index in [1.807, 2.05) is 0 Å².